The Bertz CT molecular complexity index is 68.6. The van der Waals surface area contributed by atoms with E-state index in [4.69, 9.17) is 5.73 Å². The average molecular weight is 162 g/mol. The summed E-state index contributed by atoms with van der Waals surface area (Å²) in [5.41, 5.74) is 5.36. The molecule has 0 heterocycles. The lowest BCUT2D eigenvalue weighted by atomic mass is 10.2. The molecule has 10 heavy (non-hydrogen) atoms. The fourth-order valence-electron chi connectivity index (χ4n) is 0.810. The van der Waals surface area contributed by atoms with Crippen molar-refractivity contribution in [2.24, 2.45) is 5.73 Å². The molecule has 0 aliphatic carbocycles. The molecule has 0 fully saturated rings. The zero-order valence-corrected chi connectivity index (χ0v) is 7.71. The molecule has 0 bridgehead atoms. The van der Waals surface area contributed by atoms with Crippen LogP contribution in [0.1, 0.15) is 13.3 Å². The maximum absolute atomic E-state index is 5.36. The summed E-state index contributed by atoms with van der Waals surface area (Å²) in [5, 5.41) is 3.37. The van der Waals surface area contributed by atoms with Crippen molar-refractivity contribution >= 4 is 11.8 Å². The highest BCUT2D eigenvalue weighted by atomic mass is 32.2. The standard InChI is InChI=1S/C7H18N2S/c1-3-7(6-10-2)9-5-4-8/h7,9H,3-6,8H2,1-2H3. The van der Waals surface area contributed by atoms with Crippen molar-refractivity contribution in [2.75, 3.05) is 25.1 Å². The van der Waals surface area contributed by atoms with Gasteiger partial charge in [0.15, 0.2) is 0 Å². The van der Waals surface area contributed by atoms with E-state index >= 15 is 0 Å². The molecule has 3 heteroatoms. The van der Waals surface area contributed by atoms with E-state index in [1.165, 1.54) is 12.2 Å². The van der Waals surface area contributed by atoms with Crippen LogP contribution in [0.15, 0.2) is 0 Å². The predicted molar refractivity (Wildman–Crippen MR) is 49.5 cm³/mol. The van der Waals surface area contributed by atoms with E-state index in [0.717, 1.165) is 13.1 Å². The van der Waals surface area contributed by atoms with Gasteiger partial charge in [-0.2, -0.15) is 11.8 Å². The Hall–Kier alpha value is 0.270. The normalized spacial score (nSPS) is 13.5. The average Bonchev–Trinajstić information content (AvgIpc) is 1.98. The Kier molecular flexibility index (Phi) is 7.58. The molecule has 0 aromatic carbocycles. The van der Waals surface area contributed by atoms with Crippen molar-refractivity contribution in [1.82, 2.24) is 5.32 Å². The van der Waals surface area contributed by atoms with Gasteiger partial charge in [-0.05, 0) is 12.7 Å². The van der Waals surface area contributed by atoms with Crippen molar-refractivity contribution in [2.45, 2.75) is 19.4 Å². The topological polar surface area (TPSA) is 38.0 Å². The first-order chi connectivity index (χ1) is 4.85. The van der Waals surface area contributed by atoms with Gasteiger partial charge in [-0.1, -0.05) is 6.92 Å². The number of rotatable bonds is 6. The van der Waals surface area contributed by atoms with Gasteiger partial charge in [0.1, 0.15) is 0 Å². The summed E-state index contributed by atoms with van der Waals surface area (Å²) in [6.45, 7) is 3.88. The van der Waals surface area contributed by atoms with E-state index in [-0.39, 0.29) is 0 Å². The van der Waals surface area contributed by atoms with Crippen LogP contribution in [0.3, 0.4) is 0 Å². The Labute approximate surface area is 67.9 Å². The summed E-state index contributed by atoms with van der Waals surface area (Å²) in [6.07, 6.45) is 3.33. The van der Waals surface area contributed by atoms with Crippen LogP contribution in [-0.4, -0.2) is 31.1 Å². The van der Waals surface area contributed by atoms with Crippen molar-refractivity contribution in [3.63, 3.8) is 0 Å². The smallest absolute Gasteiger partial charge is 0.0156 e. The number of thioether (sulfide) groups is 1. The molecule has 1 atom stereocenters. The molecule has 1 unspecified atom stereocenters. The summed E-state index contributed by atoms with van der Waals surface area (Å²) in [4.78, 5) is 0. The summed E-state index contributed by atoms with van der Waals surface area (Å²) < 4.78 is 0. The number of hydrogen-bond donors (Lipinski definition) is 2. The molecule has 3 N–H and O–H groups in total. The zero-order chi connectivity index (χ0) is 7.82. The summed E-state index contributed by atoms with van der Waals surface area (Å²) in [6, 6.07) is 0.651. The fraction of sp³-hybridized carbons (Fsp3) is 1.00. The Balaban J connectivity index is 3.21. The van der Waals surface area contributed by atoms with Crippen LogP contribution in [-0.2, 0) is 0 Å². The van der Waals surface area contributed by atoms with Crippen molar-refractivity contribution in [3.8, 4) is 0 Å². The van der Waals surface area contributed by atoms with Gasteiger partial charge >= 0.3 is 0 Å². The molecular weight excluding hydrogens is 144 g/mol. The van der Waals surface area contributed by atoms with Gasteiger partial charge in [0.05, 0.1) is 0 Å². The molecule has 62 valence electrons. The van der Waals surface area contributed by atoms with E-state index in [9.17, 15) is 0 Å². The molecule has 0 radical (unpaired) electrons. The number of nitrogens with two attached hydrogens (primary N) is 1. The molecule has 0 aliphatic heterocycles. The maximum Gasteiger partial charge on any atom is 0.0156 e. The monoisotopic (exact) mass is 162 g/mol. The molecule has 0 aromatic heterocycles. The van der Waals surface area contributed by atoms with Gasteiger partial charge in [0.25, 0.3) is 0 Å². The van der Waals surface area contributed by atoms with Crippen LogP contribution >= 0.6 is 11.8 Å². The summed E-state index contributed by atoms with van der Waals surface area (Å²) in [7, 11) is 0. The highest BCUT2D eigenvalue weighted by molar-refractivity contribution is 7.98. The fourth-order valence-corrected chi connectivity index (χ4v) is 1.57. The van der Waals surface area contributed by atoms with Gasteiger partial charge in [-0.3, -0.25) is 0 Å². The van der Waals surface area contributed by atoms with Crippen LogP contribution in [0.4, 0.5) is 0 Å². The molecule has 0 aliphatic rings. The maximum atomic E-state index is 5.36. The van der Waals surface area contributed by atoms with E-state index in [1.807, 2.05) is 11.8 Å². The summed E-state index contributed by atoms with van der Waals surface area (Å²) >= 11 is 1.88. The lowest BCUT2D eigenvalue weighted by molar-refractivity contribution is 0.549. The minimum atomic E-state index is 0.651. The molecule has 0 saturated carbocycles. The van der Waals surface area contributed by atoms with Gasteiger partial charge in [0, 0.05) is 24.9 Å². The Morgan fingerprint density at radius 1 is 1.60 bits per heavy atom. The zero-order valence-electron chi connectivity index (χ0n) is 6.89. The SMILES string of the molecule is CCC(CSC)NCCN. The molecular formula is C7H18N2S. The second-order valence-corrected chi connectivity index (χ2v) is 3.21. The minimum Gasteiger partial charge on any atom is -0.329 e. The van der Waals surface area contributed by atoms with Crippen molar-refractivity contribution in [3.05, 3.63) is 0 Å². The first-order valence-corrected chi connectivity index (χ1v) is 5.16. The van der Waals surface area contributed by atoms with Crippen molar-refractivity contribution in [1.29, 1.82) is 0 Å². The van der Waals surface area contributed by atoms with Gasteiger partial charge in [-0.15, -0.1) is 0 Å². The van der Waals surface area contributed by atoms with Crippen LogP contribution in [0.25, 0.3) is 0 Å². The number of hydrogen-bond acceptors (Lipinski definition) is 3. The van der Waals surface area contributed by atoms with Gasteiger partial charge in [0.2, 0.25) is 0 Å². The minimum absolute atomic E-state index is 0.651. The lowest BCUT2D eigenvalue weighted by Gasteiger charge is -2.14. The van der Waals surface area contributed by atoms with Crippen molar-refractivity contribution < 1.29 is 0 Å². The predicted octanol–water partition coefficient (Wildman–Crippen LogP) is 0.676. The third-order valence-corrected chi connectivity index (χ3v) is 2.17. The quantitative estimate of drug-likeness (QED) is 0.603. The first-order valence-electron chi connectivity index (χ1n) is 3.77. The molecule has 2 nitrogen and oxygen atoms in total. The third kappa shape index (κ3) is 5.09. The van der Waals surface area contributed by atoms with E-state index in [2.05, 4.69) is 18.5 Å². The molecule has 0 spiro atoms. The molecule has 0 aromatic rings. The van der Waals surface area contributed by atoms with Gasteiger partial charge in [-0.25, -0.2) is 0 Å². The molecule has 0 amide bonds. The highest BCUT2D eigenvalue weighted by Gasteiger charge is 2.01. The third-order valence-electron chi connectivity index (χ3n) is 1.44. The Morgan fingerprint density at radius 3 is 2.70 bits per heavy atom. The van der Waals surface area contributed by atoms with E-state index in [1.54, 1.807) is 0 Å². The number of nitrogens with one attached hydrogen (secondary N) is 1. The van der Waals surface area contributed by atoms with Crippen LogP contribution in [0.5, 0.6) is 0 Å². The lowest BCUT2D eigenvalue weighted by Crippen LogP contribution is -2.34. The van der Waals surface area contributed by atoms with Gasteiger partial charge < -0.3 is 11.1 Å². The van der Waals surface area contributed by atoms with Crippen LogP contribution in [0, 0.1) is 0 Å². The molecule has 0 saturated heterocycles. The van der Waals surface area contributed by atoms with Crippen LogP contribution < -0.4 is 11.1 Å². The molecule has 0 rings (SSSR count). The second kappa shape index (κ2) is 7.38. The Morgan fingerprint density at radius 2 is 2.30 bits per heavy atom. The van der Waals surface area contributed by atoms with E-state index in [0.29, 0.717) is 6.04 Å². The summed E-state index contributed by atoms with van der Waals surface area (Å²) in [5.74, 6) is 1.19. The van der Waals surface area contributed by atoms with Crippen LogP contribution in [0.2, 0.25) is 0 Å². The second-order valence-electron chi connectivity index (χ2n) is 2.30. The van der Waals surface area contributed by atoms with E-state index < -0.39 is 0 Å². The highest BCUT2D eigenvalue weighted by Crippen LogP contribution is 1.99. The largest absolute Gasteiger partial charge is 0.329 e. The first kappa shape index (κ1) is 10.3.